The van der Waals surface area contributed by atoms with Crippen molar-refractivity contribution in [1.29, 1.82) is 0 Å². The molecule has 8 nitrogen and oxygen atoms in total. The first-order valence-corrected chi connectivity index (χ1v) is 10.3. The number of anilines is 2. The minimum absolute atomic E-state index is 0.0917. The van der Waals surface area contributed by atoms with E-state index in [9.17, 15) is 17.6 Å². The van der Waals surface area contributed by atoms with Crippen molar-refractivity contribution in [3.8, 4) is 11.5 Å². The SMILES string of the molecule is O=C(CN(c1ccc(F)cc1)S(=O)(=O)c1cccnc1)Nc1ccc2c(c1)OCO2. The Kier molecular flexibility index (Phi) is 5.23. The van der Waals surface area contributed by atoms with Gasteiger partial charge in [-0.15, -0.1) is 0 Å². The quantitative estimate of drug-likeness (QED) is 0.647. The fraction of sp³-hybridized carbons (Fsp3) is 0.100. The third-order valence-electron chi connectivity index (χ3n) is 4.28. The highest BCUT2D eigenvalue weighted by molar-refractivity contribution is 7.92. The van der Waals surface area contributed by atoms with E-state index in [1.807, 2.05) is 0 Å². The molecule has 2 aromatic carbocycles. The van der Waals surface area contributed by atoms with Crippen LogP contribution in [0.4, 0.5) is 15.8 Å². The molecule has 4 rings (SSSR count). The van der Waals surface area contributed by atoms with Crippen LogP contribution in [0.15, 0.2) is 71.9 Å². The van der Waals surface area contributed by atoms with Gasteiger partial charge in [-0.2, -0.15) is 0 Å². The molecule has 0 spiro atoms. The number of carbonyl (C=O) groups excluding carboxylic acids is 1. The Hall–Kier alpha value is -3.66. The highest BCUT2D eigenvalue weighted by Gasteiger charge is 2.27. The Balaban J connectivity index is 1.61. The number of nitrogens with one attached hydrogen (secondary N) is 1. The average molecular weight is 429 g/mol. The molecule has 3 aromatic rings. The van der Waals surface area contributed by atoms with Gasteiger partial charge in [0.15, 0.2) is 11.5 Å². The molecule has 1 amide bonds. The van der Waals surface area contributed by atoms with Crippen LogP contribution in [0.25, 0.3) is 0 Å². The van der Waals surface area contributed by atoms with E-state index in [0.717, 1.165) is 16.4 Å². The summed E-state index contributed by atoms with van der Waals surface area (Å²) >= 11 is 0. The van der Waals surface area contributed by atoms with Gasteiger partial charge < -0.3 is 14.8 Å². The van der Waals surface area contributed by atoms with Crippen LogP contribution in [0, 0.1) is 5.82 Å². The molecule has 2 heterocycles. The van der Waals surface area contributed by atoms with Crippen molar-refractivity contribution in [2.75, 3.05) is 23.0 Å². The van der Waals surface area contributed by atoms with Crippen LogP contribution in [0.3, 0.4) is 0 Å². The second-order valence-corrected chi connectivity index (χ2v) is 8.16. The summed E-state index contributed by atoms with van der Waals surface area (Å²) in [5, 5.41) is 2.64. The first kappa shape index (κ1) is 19.6. The molecule has 1 aliphatic heterocycles. The van der Waals surface area contributed by atoms with Crippen molar-refractivity contribution in [2.24, 2.45) is 0 Å². The van der Waals surface area contributed by atoms with Gasteiger partial charge in [0, 0.05) is 24.1 Å². The molecule has 0 aliphatic carbocycles. The number of halogens is 1. The largest absolute Gasteiger partial charge is 0.454 e. The van der Waals surface area contributed by atoms with E-state index in [4.69, 9.17) is 9.47 Å². The predicted octanol–water partition coefficient (Wildman–Crippen LogP) is 2.78. The monoisotopic (exact) mass is 429 g/mol. The molecule has 30 heavy (non-hydrogen) atoms. The lowest BCUT2D eigenvalue weighted by Gasteiger charge is -2.24. The first-order valence-electron chi connectivity index (χ1n) is 8.81. The number of aromatic nitrogens is 1. The summed E-state index contributed by atoms with van der Waals surface area (Å²) in [5.74, 6) is -0.0841. The zero-order valence-corrected chi connectivity index (χ0v) is 16.3. The normalized spacial score (nSPS) is 12.4. The predicted molar refractivity (Wildman–Crippen MR) is 106 cm³/mol. The maximum Gasteiger partial charge on any atom is 0.266 e. The number of carbonyl (C=O) groups is 1. The lowest BCUT2D eigenvalue weighted by Crippen LogP contribution is -2.38. The standard InChI is InChI=1S/C20H16FN3O5S/c21-14-3-6-16(7-4-14)24(30(26,27)17-2-1-9-22-11-17)12-20(25)23-15-5-8-18-19(10-15)29-13-28-18/h1-11H,12-13H2,(H,23,25). The third kappa shape index (κ3) is 4.03. The van der Waals surface area contributed by atoms with Crippen LogP contribution in [0.2, 0.25) is 0 Å². The second-order valence-electron chi connectivity index (χ2n) is 6.29. The van der Waals surface area contributed by atoms with Crippen molar-refractivity contribution in [3.05, 3.63) is 72.8 Å². The highest BCUT2D eigenvalue weighted by atomic mass is 32.2. The molecule has 154 valence electrons. The van der Waals surface area contributed by atoms with Gasteiger partial charge >= 0.3 is 0 Å². The Morgan fingerprint density at radius 2 is 1.87 bits per heavy atom. The molecule has 1 N–H and O–H groups in total. The van der Waals surface area contributed by atoms with Crippen molar-refractivity contribution >= 4 is 27.3 Å². The second kappa shape index (κ2) is 7.99. The zero-order chi connectivity index (χ0) is 21.1. The summed E-state index contributed by atoms with van der Waals surface area (Å²) in [5.41, 5.74) is 0.558. The van der Waals surface area contributed by atoms with Gasteiger partial charge in [0.05, 0.1) is 5.69 Å². The zero-order valence-electron chi connectivity index (χ0n) is 15.5. The van der Waals surface area contributed by atoms with Crippen molar-refractivity contribution < 1.29 is 27.1 Å². The number of rotatable bonds is 6. The summed E-state index contributed by atoms with van der Waals surface area (Å²) in [7, 11) is -4.12. The van der Waals surface area contributed by atoms with Crippen LogP contribution in [0.5, 0.6) is 11.5 Å². The molecule has 10 heteroatoms. The number of hydrogen-bond acceptors (Lipinski definition) is 6. The van der Waals surface area contributed by atoms with E-state index in [1.54, 1.807) is 18.2 Å². The number of amides is 1. The number of ether oxygens (including phenoxy) is 2. The van der Waals surface area contributed by atoms with Gasteiger partial charge in [-0.3, -0.25) is 14.1 Å². The molecule has 0 bridgehead atoms. The van der Waals surface area contributed by atoms with Crippen molar-refractivity contribution in [3.63, 3.8) is 0 Å². The maximum absolute atomic E-state index is 13.3. The third-order valence-corrected chi connectivity index (χ3v) is 6.04. The number of nitrogens with zero attached hydrogens (tertiary/aromatic N) is 2. The Morgan fingerprint density at radius 3 is 2.60 bits per heavy atom. The number of benzene rings is 2. The summed E-state index contributed by atoms with van der Waals surface area (Å²) in [6.07, 6.45) is 2.62. The van der Waals surface area contributed by atoms with Crippen LogP contribution in [0.1, 0.15) is 0 Å². The van der Waals surface area contributed by atoms with Gasteiger partial charge in [-0.1, -0.05) is 0 Å². The Morgan fingerprint density at radius 1 is 1.10 bits per heavy atom. The van der Waals surface area contributed by atoms with Gasteiger partial charge in [-0.25, -0.2) is 12.8 Å². The lowest BCUT2D eigenvalue weighted by atomic mass is 10.2. The molecule has 0 atom stereocenters. The van der Waals surface area contributed by atoms with Gasteiger partial charge in [0.1, 0.15) is 17.3 Å². The number of fused-ring (bicyclic) bond motifs is 1. The van der Waals surface area contributed by atoms with E-state index in [1.165, 1.54) is 36.7 Å². The summed E-state index contributed by atoms with van der Waals surface area (Å²) in [4.78, 5) is 16.4. The van der Waals surface area contributed by atoms with Crippen molar-refractivity contribution in [2.45, 2.75) is 4.90 Å². The van der Waals surface area contributed by atoms with Crippen LogP contribution < -0.4 is 19.1 Å². The molecule has 1 aromatic heterocycles. The minimum atomic E-state index is -4.12. The average Bonchev–Trinajstić information content (AvgIpc) is 3.21. The molecule has 0 unspecified atom stereocenters. The topological polar surface area (TPSA) is 97.8 Å². The van der Waals surface area contributed by atoms with Crippen molar-refractivity contribution in [1.82, 2.24) is 4.98 Å². The summed E-state index contributed by atoms with van der Waals surface area (Å²) in [6.45, 7) is -0.439. The van der Waals surface area contributed by atoms with E-state index in [-0.39, 0.29) is 17.4 Å². The molecule has 0 saturated carbocycles. The molecular weight excluding hydrogens is 413 g/mol. The smallest absolute Gasteiger partial charge is 0.266 e. The fourth-order valence-electron chi connectivity index (χ4n) is 2.85. The lowest BCUT2D eigenvalue weighted by molar-refractivity contribution is -0.114. The Labute approximate surface area is 171 Å². The van der Waals surface area contributed by atoms with Crippen LogP contribution >= 0.6 is 0 Å². The van der Waals surface area contributed by atoms with Gasteiger partial charge in [-0.05, 0) is 48.5 Å². The maximum atomic E-state index is 13.3. The number of sulfonamides is 1. The van der Waals surface area contributed by atoms with Crippen LogP contribution in [-0.4, -0.2) is 32.6 Å². The first-order chi connectivity index (χ1) is 14.4. The van der Waals surface area contributed by atoms with Crippen LogP contribution in [-0.2, 0) is 14.8 Å². The number of hydrogen-bond donors (Lipinski definition) is 1. The minimum Gasteiger partial charge on any atom is -0.454 e. The highest BCUT2D eigenvalue weighted by Crippen LogP contribution is 2.34. The molecule has 0 fully saturated rings. The van der Waals surface area contributed by atoms with E-state index in [0.29, 0.717) is 17.2 Å². The summed E-state index contributed by atoms with van der Waals surface area (Å²) in [6, 6.07) is 12.5. The molecule has 0 radical (unpaired) electrons. The molecule has 0 saturated heterocycles. The van der Waals surface area contributed by atoms with E-state index >= 15 is 0 Å². The Bertz CT molecular complexity index is 1170. The van der Waals surface area contributed by atoms with Gasteiger partial charge in [0.25, 0.3) is 10.0 Å². The number of pyridine rings is 1. The van der Waals surface area contributed by atoms with E-state index < -0.39 is 28.3 Å². The van der Waals surface area contributed by atoms with Gasteiger partial charge in [0.2, 0.25) is 12.7 Å². The summed E-state index contributed by atoms with van der Waals surface area (Å²) < 4.78 is 51.0. The fourth-order valence-corrected chi connectivity index (χ4v) is 4.24. The molecular formula is C20H16FN3O5S. The van der Waals surface area contributed by atoms with E-state index in [2.05, 4.69) is 10.3 Å². The molecule has 1 aliphatic rings.